The minimum atomic E-state index is 0.0192. The van der Waals surface area contributed by atoms with Gasteiger partial charge in [-0.3, -0.25) is 4.79 Å². The Labute approximate surface area is 152 Å². The maximum atomic E-state index is 12.3. The number of thioether (sulfide) groups is 1. The van der Waals surface area contributed by atoms with Crippen LogP contribution in [0.3, 0.4) is 0 Å². The van der Waals surface area contributed by atoms with Crippen LogP contribution in [0.15, 0.2) is 71.6 Å². The van der Waals surface area contributed by atoms with Gasteiger partial charge >= 0.3 is 0 Å². The summed E-state index contributed by atoms with van der Waals surface area (Å²) in [6.45, 7) is 1.92. The molecule has 2 aromatic carbocycles. The SMILES string of the molecule is Cc1cc(NC(=O)CCCSc2ccccc2)n(-c2ccccc2)n1. The van der Waals surface area contributed by atoms with Crippen molar-refractivity contribution in [1.82, 2.24) is 9.78 Å². The van der Waals surface area contributed by atoms with Crippen molar-refractivity contribution < 1.29 is 4.79 Å². The Balaban J connectivity index is 1.53. The molecule has 0 bridgehead atoms. The molecule has 1 heterocycles. The third kappa shape index (κ3) is 4.97. The lowest BCUT2D eigenvalue weighted by Crippen LogP contribution is -2.14. The van der Waals surface area contributed by atoms with Crippen molar-refractivity contribution in [3.63, 3.8) is 0 Å². The smallest absolute Gasteiger partial charge is 0.225 e. The van der Waals surface area contributed by atoms with E-state index in [4.69, 9.17) is 0 Å². The number of aromatic nitrogens is 2. The lowest BCUT2D eigenvalue weighted by Gasteiger charge is -2.09. The number of hydrogen-bond donors (Lipinski definition) is 1. The molecule has 128 valence electrons. The predicted octanol–water partition coefficient (Wildman–Crippen LogP) is 4.69. The molecule has 0 fully saturated rings. The van der Waals surface area contributed by atoms with Crippen molar-refractivity contribution in [3.05, 3.63) is 72.4 Å². The number of carbonyl (C=O) groups is 1. The van der Waals surface area contributed by atoms with Gasteiger partial charge in [0.15, 0.2) is 0 Å². The molecule has 0 atom stereocenters. The number of nitrogens with one attached hydrogen (secondary N) is 1. The van der Waals surface area contributed by atoms with E-state index in [2.05, 4.69) is 22.5 Å². The summed E-state index contributed by atoms with van der Waals surface area (Å²) in [6.07, 6.45) is 1.34. The van der Waals surface area contributed by atoms with Gasteiger partial charge in [-0.25, -0.2) is 4.68 Å². The molecule has 0 aliphatic heterocycles. The molecule has 0 radical (unpaired) electrons. The highest BCUT2D eigenvalue weighted by molar-refractivity contribution is 7.99. The minimum Gasteiger partial charge on any atom is -0.311 e. The van der Waals surface area contributed by atoms with Crippen molar-refractivity contribution in [2.24, 2.45) is 0 Å². The van der Waals surface area contributed by atoms with Crippen LogP contribution in [0.2, 0.25) is 0 Å². The van der Waals surface area contributed by atoms with Crippen LogP contribution in [0.4, 0.5) is 5.82 Å². The number of anilines is 1. The molecule has 3 rings (SSSR count). The number of carbonyl (C=O) groups excluding carboxylic acids is 1. The molecule has 1 amide bonds. The molecular weight excluding hydrogens is 330 g/mol. The molecule has 0 spiro atoms. The van der Waals surface area contributed by atoms with E-state index in [9.17, 15) is 4.79 Å². The molecule has 0 unspecified atom stereocenters. The molecule has 5 heteroatoms. The normalized spacial score (nSPS) is 10.6. The van der Waals surface area contributed by atoms with E-state index in [1.807, 2.05) is 61.5 Å². The first-order valence-electron chi connectivity index (χ1n) is 8.32. The predicted molar refractivity (Wildman–Crippen MR) is 103 cm³/mol. The number of benzene rings is 2. The topological polar surface area (TPSA) is 46.9 Å². The molecule has 4 nitrogen and oxygen atoms in total. The number of rotatable bonds is 7. The second-order valence-electron chi connectivity index (χ2n) is 5.73. The molecule has 0 aliphatic carbocycles. The van der Waals surface area contributed by atoms with Crippen molar-refractivity contribution in [1.29, 1.82) is 0 Å². The molecule has 3 aromatic rings. The molecule has 1 N–H and O–H groups in total. The first-order chi connectivity index (χ1) is 12.2. The third-order valence-corrected chi connectivity index (χ3v) is 4.76. The van der Waals surface area contributed by atoms with Gasteiger partial charge in [0.2, 0.25) is 5.91 Å². The maximum absolute atomic E-state index is 12.3. The van der Waals surface area contributed by atoms with Gasteiger partial charge in [-0.2, -0.15) is 5.10 Å². The van der Waals surface area contributed by atoms with Crippen molar-refractivity contribution >= 4 is 23.5 Å². The standard InChI is InChI=1S/C20H21N3OS/c1-16-15-19(23(22-16)17-9-4-2-5-10-17)21-20(24)13-8-14-25-18-11-6-3-7-12-18/h2-7,9-12,15H,8,13-14H2,1H3,(H,21,24). The first-order valence-corrected chi connectivity index (χ1v) is 9.31. The fraction of sp³-hybridized carbons (Fsp3) is 0.200. The van der Waals surface area contributed by atoms with Gasteiger partial charge in [0.25, 0.3) is 0 Å². The second-order valence-corrected chi connectivity index (χ2v) is 6.90. The summed E-state index contributed by atoms with van der Waals surface area (Å²) < 4.78 is 1.77. The quantitative estimate of drug-likeness (QED) is 0.496. The van der Waals surface area contributed by atoms with E-state index in [0.717, 1.165) is 23.6 Å². The lowest BCUT2D eigenvalue weighted by molar-refractivity contribution is -0.116. The highest BCUT2D eigenvalue weighted by Gasteiger charge is 2.10. The van der Waals surface area contributed by atoms with Crippen LogP contribution in [0.5, 0.6) is 0 Å². The average Bonchev–Trinajstić information content (AvgIpc) is 3.00. The second kappa shape index (κ2) is 8.53. The van der Waals surface area contributed by atoms with Crippen LogP contribution < -0.4 is 5.32 Å². The van der Waals surface area contributed by atoms with E-state index in [1.54, 1.807) is 16.4 Å². The monoisotopic (exact) mass is 351 g/mol. The van der Waals surface area contributed by atoms with Crippen LogP contribution in [0, 0.1) is 6.92 Å². The van der Waals surface area contributed by atoms with E-state index < -0.39 is 0 Å². The molecule has 0 saturated heterocycles. The summed E-state index contributed by atoms with van der Waals surface area (Å²) in [5.41, 5.74) is 1.81. The van der Waals surface area contributed by atoms with Gasteiger partial charge < -0.3 is 5.32 Å². The van der Waals surface area contributed by atoms with Crippen LogP contribution in [0.25, 0.3) is 5.69 Å². The summed E-state index contributed by atoms with van der Waals surface area (Å²) in [6, 6.07) is 22.0. The molecule has 25 heavy (non-hydrogen) atoms. The Hall–Kier alpha value is -2.53. The van der Waals surface area contributed by atoms with E-state index >= 15 is 0 Å². The molecular formula is C20H21N3OS. The van der Waals surface area contributed by atoms with Gasteiger partial charge in [0.1, 0.15) is 5.82 Å². The Kier molecular flexibility index (Phi) is 5.90. The van der Waals surface area contributed by atoms with Gasteiger partial charge in [0.05, 0.1) is 11.4 Å². The van der Waals surface area contributed by atoms with E-state index in [1.165, 1.54) is 4.90 Å². The summed E-state index contributed by atoms with van der Waals surface area (Å²) in [5, 5.41) is 7.45. The van der Waals surface area contributed by atoms with Gasteiger partial charge in [-0.15, -0.1) is 11.8 Å². The number of amides is 1. The summed E-state index contributed by atoms with van der Waals surface area (Å²) in [7, 11) is 0. The van der Waals surface area contributed by atoms with Crippen molar-refractivity contribution in [2.75, 3.05) is 11.1 Å². The highest BCUT2D eigenvalue weighted by Crippen LogP contribution is 2.20. The highest BCUT2D eigenvalue weighted by atomic mass is 32.2. The molecule has 1 aromatic heterocycles. The fourth-order valence-corrected chi connectivity index (χ4v) is 3.37. The first kappa shape index (κ1) is 17.3. The summed E-state index contributed by atoms with van der Waals surface area (Å²) >= 11 is 1.78. The fourth-order valence-electron chi connectivity index (χ4n) is 2.50. The van der Waals surface area contributed by atoms with E-state index in [0.29, 0.717) is 12.2 Å². The van der Waals surface area contributed by atoms with Gasteiger partial charge in [-0.1, -0.05) is 36.4 Å². The minimum absolute atomic E-state index is 0.0192. The summed E-state index contributed by atoms with van der Waals surface area (Å²) in [4.78, 5) is 13.5. The largest absolute Gasteiger partial charge is 0.311 e. The Bertz CT molecular complexity index is 815. The van der Waals surface area contributed by atoms with Crippen LogP contribution in [-0.2, 0) is 4.79 Å². The number of para-hydroxylation sites is 1. The van der Waals surface area contributed by atoms with Crippen LogP contribution in [-0.4, -0.2) is 21.4 Å². The third-order valence-electron chi connectivity index (χ3n) is 3.66. The van der Waals surface area contributed by atoms with Gasteiger partial charge in [-0.05, 0) is 43.4 Å². The molecule has 0 saturated carbocycles. The van der Waals surface area contributed by atoms with Crippen molar-refractivity contribution in [2.45, 2.75) is 24.7 Å². The lowest BCUT2D eigenvalue weighted by atomic mass is 10.3. The van der Waals surface area contributed by atoms with Crippen molar-refractivity contribution in [3.8, 4) is 5.69 Å². The number of hydrogen-bond acceptors (Lipinski definition) is 3. The zero-order valence-electron chi connectivity index (χ0n) is 14.2. The zero-order chi connectivity index (χ0) is 17.5. The van der Waals surface area contributed by atoms with Gasteiger partial charge in [0, 0.05) is 17.4 Å². The van der Waals surface area contributed by atoms with Crippen LogP contribution in [0.1, 0.15) is 18.5 Å². The van der Waals surface area contributed by atoms with Crippen LogP contribution >= 0.6 is 11.8 Å². The zero-order valence-corrected chi connectivity index (χ0v) is 15.0. The Morgan fingerprint density at radius 3 is 2.48 bits per heavy atom. The Morgan fingerprint density at radius 2 is 1.76 bits per heavy atom. The Morgan fingerprint density at radius 1 is 1.08 bits per heavy atom. The average molecular weight is 351 g/mol. The number of aryl methyl sites for hydroxylation is 1. The van der Waals surface area contributed by atoms with E-state index in [-0.39, 0.29) is 5.91 Å². The maximum Gasteiger partial charge on any atom is 0.225 e. The number of nitrogens with zero attached hydrogens (tertiary/aromatic N) is 2. The molecule has 0 aliphatic rings. The summed E-state index contributed by atoms with van der Waals surface area (Å²) in [5.74, 6) is 1.66.